The summed E-state index contributed by atoms with van der Waals surface area (Å²) in [4.78, 5) is 20.3. The predicted octanol–water partition coefficient (Wildman–Crippen LogP) is 2.05. The quantitative estimate of drug-likeness (QED) is 0.832. The number of aryl methyl sites for hydroxylation is 1. The number of carbonyl (C=O) groups is 1. The summed E-state index contributed by atoms with van der Waals surface area (Å²) in [6.45, 7) is 2.07. The van der Waals surface area contributed by atoms with E-state index in [1.807, 2.05) is 12.1 Å². The van der Waals surface area contributed by atoms with E-state index in [1.54, 1.807) is 24.5 Å². The minimum atomic E-state index is -0.107. The highest BCUT2D eigenvalue weighted by Crippen LogP contribution is 2.11. The molecule has 0 atom stereocenters. The number of Topliss-reactive ketones (excluding diaryl/α,β-unsaturated/α-hetero) is 1. The summed E-state index contributed by atoms with van der Waals surface area (Å²) in [7, 11) is 0. The van der Waals surface area contributed by atoms with Crippen LogP contribution in [0.3, 0.4) is 0 Å². The van der Waals surface area contributed by atoms with Gasteiger partial charge in [0, 0.05) is 18.1 Å². The first-order valence-electron chi connectivity index (χ1n) is 5.88. The summed E-state index contributed by atoms with van der Waals surface area (Å²) in [6.07, 6.45) is 4.53. The van der Waals surface area contributed by atoms with Gasteiger partial charge in [0.1, 0.15) is 5.69 Å². The van der Waals surface area contributed by atoms with E-state index in [1.165, 1.54) is 0 Å². The number of anilines is 1. The molecule has 0 saturated heterocycles. The van der Waals surface area contributed by atoms with Gasteiger partial charge in [-0.1, -0.05) is 13.0 Å². The molecular weight excluding hydrogens is 226 g/mol. The van der Waals surface area contributed by atoms with E-state index in [0.29, 0.717) is 11.4 Å². The Morgan fingerprint density at radius 3 is 2.72 bits per heavy atom. The molecule has 0 aliphatic heterocycles. The smallest absolute Gasteiger partial charge is 0.189 e. The SMILES string of the molecule is CCc1ccc(CC(=O)c2ncccc2N)nc1. The fourth-order valence-corrected chi connectivity index (χ4v) is 1.67. The minimum Gasteiger partial charge on any atom is -0.397 e. The van der Waals surface area contributed by atoms with Gasteiger partial charge < -0.3 is 5.73 Å². The number of rotatable bonds is 4. The molecule has 0 spiro atoms. The number of hydrogen-bond donors (Lipinski definition) is 1. The van der Waals surface area contributed by atoms with Crippen LogP contribution in [-0.2, 0) is 12.8 Å². The molecule has 2 heterocycles. The number of ketones is 1. The lowest BCUT2D eigenvalue weighted by Gasteiger charge is -2.03. The number of carbonyl (C=O) groups excluding carboxylic acids is 1. The molecule has 0 unspecified atom stereocenters. The molecule has 0 aliphatic rings. The average molecular weight is 241 g/mol. The highest BCUT2D eigenvalue weighted by molar-refractivity contribution is 5.99. The normalized spacial score (nSPS) is 10.3. The van der Waals surface area contributed by atoms with Crippen molar-refractivity contribution >= 4 is 11.5 Å². The monoisotopic (exact) mass is 241 g/mol. The van der Waals surface area contributed by atoms with Crippen LogP contribution in [0.5, 0.6) is 0 Å². The zero-order valence-corrected chi connectivity index (χ0v) is 10.3. The molecule has 92 valence electrons. The molecule has 2 aromatic rings. The maximum atomic E-state index is 12.0. The number of nitrogens with zero attached hydrogens (tertiary/aromatic N) is 2. The van der Waals surface area contributed by atoms with Crippen LogP contribution >= 0.6 is 0 Å². The molecule has 2 aromatic heterocycles. The third-order valence-corrected chi connectivity index (χ3v) is 2.74. The lowest BCUT2D eigenvalue weighted by molar-refractivity contribution is 0.0988. The Labute approximate surface area is 106 Å². The van der Waals surface area contributed by atoms with Crippen molar-refractivity contribution in [3.05, 3.63) is 53.6 Å². The van der Waals surface area contributed by atoms with Gasteiger partial charge in [0.2, 0.25) is 0 Å². The molecule has 0 saturated carbocycles. The number of nitrogen functional groups attached to an aromatic ring is 1. The zero-order valence-electron chi connectivity index (χ0n) is 10.3. The minimum absolute atomic E-state index is 0.107. The third-order valence-electron chi connectivity index (χ3n) is 2.74. The topological polar surface area (TPSA) is 68.9 Å². The lowest BCUT2D eigenvalue weighted by Crippen LogP contribution is -2.10. The Hall–Kier alpha value is -2.23. The lowest BCUT2D eigenvalue weighted by atomic mass is 10.1. The van der Waals surface area contributed by atoms with Crippen molar-refractivity contribution in [2.45, 2.75) is 19.8 Å². The van der Waals surface area contributed by atoms with E-state index in [2.05, 4.69) is 16.9 Å². The first kappa shape index (κ1) is 12.2. The van der Waals surface area contributed by atoms with E-state index in [4.69, 9.17) is 5.73 Å². The Morgan fingerprint density at radius 1 is 1.28 bits per heavy atom. The molecule has 2 rings (SSSR count). The molecule has 0 fully saturated rings. The molecule has 4 nitrogen and oxygen atoms in total. The summed E-state index contributed by atoms with van der Waals surface area (Å²) in [5.41, 5.74) is 8.34. The second-order valence-corrected chi connectivity index (χ2v) is 4.05. The van der Waals surface area contributed by atoms with Crippen LogP contribution in [0.2, 0.25) is 0 Å². The molecule has 0 aliphatic carbocycles. The Balaban J connectivity index is 2.14. The van der Waals surface area contributed by atoms with E-state index in [0.717, 1.165) is 17.7 Å². The summed E-state index contributed by atoms with van der Waals surface area (Å²) in [5.74, 6) is -0.107. The van der Waals surface area contributed by atoms with Crippen LogP contribution in [-0.4, -0.2) is 15.8 Å². The number of pyridine rings is 2. The molecule has 2 N–H and O–H groups in total. The molecule has 0 amide bonds. The predicted molar refractivity (Wildman–Crippen MR) is 70.3 cm³/mol. The van der Waals surface area contributed by atoms with Gasteiger partial charge in [0.05, 0.1) is 12.1 Å². The molecule has 18 heavy (non-hydrogen) atoms. The van der Waals surface area contributed by atoms with Crippen LogP contribution in [0.1, 0.15) is 28.7 Å². The number of aromatic nitrogens is 2. The maximum absolute atomic E-state index is 12.0. The summed E-state index contributed by atoms with van der Waals surface area (Å²) < 4.78 is 0. The van der Waals surface area contributed by atoms with E-state index >= 15 is 0 Å². The standard InChI is InChI=1S/C14H15N3O/c1-2-10-5-6-11(17-9-10)8-13(18)14-12(15)4-3-7-16-14/h3-7,9H,2,8,15H2,1H3. The van der Waals surface area contributed by atoms with Crippen molar-refractivity contribution < 1.29 is 4.79 Å². The van der Waals surface area contributed by atoms with Crippen molar-refractivity contribution in [1.82, 2.24) is 9.97 Å². The largest absolute Gasteiger partial charge is 0.397 e. The van der Waals surface area contributed by atoms with Crippen LogP contribution < -0.4 is 5.73 Å². The Kier molecular flexibility index (Phi) is 3.67. The number of hydrogen-bond acceptors (Lipinski definition) is 4. The van der Waals surface area contributed by atoms with Gasteiger partial charge in [-0.3, -0.25) is 14.8 Å². The van der Waals surface area contributed by atoms with E-state index in [9.17, 15) is 4.79 Å². The van der Waals surface area contributed by atoms with Crippen LogP contribution in [0.25, 0.3) is 0 Å². The van der Waals surface area contributed by atoms with Crippen molar-refractivity contribution in [2.24, 2.45) is 0 Å². The molecule has 0 bridgehead atoms. The molecule has 0 aromatic carbocycles. The van der Waals surface area contributed by atoms with Crippen molar-refractivity contribution in [3.63, 3.8) is 0 Å². The first-order valence-corrected chi connectivity index (χ1v) is 5.88. The first-order chi connectivity index (χ1) is 8.70. The summed E-state index contributed by atoms with van der Waals surface area (Å²) in [6, 6.07) is 7.24. The molecular formula is C14H15N3O. The van der Waals surface area contributed by atoms with Gasteiger partial charge >= 0.3 is 0 Å². The maximum Gasteiger partial charge on any atom is 0.189 e. The van der Waals surface area contributed by atoms with Crippen LogP contribution in [0.15, 0.2) is 36.7 Å². The highest BCUT2D eigenvalue weighted by Gasteiger charge is 2.12. The van der Waals surface area contributed by atoms with Gasteiger partial charge in [-0.25, -0.2) is 0 Å². The van der Waals surface area contributed by atoms with Crippen LogP contribution in [0.4, 0.5) is 5.69 Å². The van der Waals surface area contributed by atoms with Crippen molar-refractivity contribution in [2.75, 3.05) is 5.73 Å². The van der Waals surface area contributed by atoms with Gasteiger partial charge in [0.15, 0.2) is 5.78 Å². The summed E-state index contributed by atoms with van der Waals surface area (Å²) >= 11 is 0. The third kappa shape index (κ3) is 2.71. The fourth-order valence-electron chi connectivity index (χ4n) is 1.67. The van der Waals surface area contributed by atoms with Crippen molar-refractivity contribution in [3.8, 4) is 0 Å². The second-order valence-electron chi connectivity index (χ2n) is 4.05. The molecule has 0 radical (unpaired) electrons. The second kappa shape index (κ2) is 5.40. The van der Waals surface area contributed by atoms with E-state index in [-0.39, 0.29) is 12.2 Å². The Bertz CT molecular complexity index is 549. The Morgan fingerprint density at radius 2 is 2.11 bits per heavy atom. The van der Waals surface area contributed by atoms with Gasteiger partial charge in [-0.2, -0.15) is 0 Å². The van der Waals surface area contributed by atoms with Crippen molar-refractivity contribution in [1.29, 1.82) is 0 Å². The van der Waals surface area contributed by atoms with Crippen LogP contribution in [0, 0.1) is 0 Å². The fraction of sp³-hybridized carbons (Fsp3) is 0.214. The van der Waals surface area contributed by atoms with Gasteiger partial charge in [0.25, 0.3) is 0 Å². The zero-order chi connectivity index (χ0) is 13.0. The van der Waals surface area contributed by atoms with E-state index < -0.39 is 0 Å². The average Bonchev–Trinajstić information content (AvgIpc) is 2.40. The highest BCUT2D eigenvalue weighted by atomic mass is 16.1. The summed E-state index contributed by atoms with van der Waals surface area (Å²) in [5, 5.41) is 0. The molecule has 4 heteroatoms. The number of nitrogens with two attached hydrogens (primary N) is 1. The van der Waals surface area contributed by atoms with Gasteiger partial charge in [-0.05, 0) is 30.2 Å². The van der Waals surface area contributed by atoms with Gasteiger partial charge in [-0.15, -0.1) is 0 Å².